The summed E-state index contributed by atoms with van der Waals surface area (Å²) in [7, 11) is -3.83. The van der Waals surface area contributed by atoms with E-state index in [4.69, 9.17) is 11.6 Å². The Bertz CT molecular complexity index is 1090. The lowest BCUT2D eigenvalue weighted by Crippen LogP contribution is -2.51. The van der Waals surface area contributed by atoms with Gasteiger partial charge in [-0.3, -0.25) is 13.9 Å². The number of anilines is 1. The maximum atomic E-state index is 13.4. The summed E-state index contributed by atoms with van der Waals surface area (Å²) in [6.07, 6.45) is 1.73. The SMILES string of the molecule is CCCNC(=O)[C@H](C)N(Cc1ccc(F)cc1)C(=O)CN(c1ccc(Cl)cc1C)S(C)(=O)=O. The normalized spacial score (nSPS) is 12.2. The monoisotopic (exact) mass is 497 g/mol. The predicted molar refractivity (Wildman–Crippen MR) is 128 cm³/mol. The zero-order valence-corrected chi connectivity index (χ0v) is 20.7. The molecule has 1 atom stereocenters. The van der Waals surface area contributed by atoms with Gasteiger partial charge in [-0.15, -0.1) is 0 Å². The van der Waals surface area contributed by atoms with Crippen LogP contribution in [0.4, 0.5) is 10.1 Å². The van der Waals surface area contributed by atoms with Crippen molar-refractivity contribution in [3.63, 3.8) is 0 Å². The van der Waals surface area contributed by atoms with Gasteiger partial charge in [0.25, 0.3) is 0 Å². The van der Waals surface area contributed by atoms with E-state index < -0.39 is 34.3 Å². The number of carbonyl (C=O) groups excluding carboxylic acids is 2. The third-order valence-corrected chi connectivity index (χ3v) is 6.45. The number of hydrogen-bond acceptors (Lipinski definition) is 4. The molecule has 0 aliphatic heterocycles. The van der Waals surface area contributed by atoms with Crippen LogP contribution in [-0.2, 0) is 26.2 Å². The van der Waals surface area contributed by atoms with Crippen LogP contribution in [0.1, 0.15) is 31.4 Å². The third kappa shape index (κ3) is 7.43. The van der Waals surface area contributed by atoms with E-state index in [1.165, 1.54) is 35.2 Å². The van der Waals surface area contributed by atoms with Gasteiger partial charge in [0.2, 0.25) is 21.8 Å². The molecule has 0 aromatic heterocycles. The molecule has 2 aromatic carbocycles. The molecule has 2 rings (SSSR count). The molecule has 0 saturated heterocycles. The topological polar surface area (TPSA) is 86.8 Å². The highest BCUT2D eigenvalue weighted by Crippen LogP contribution is 2.26. The van der Waals surface area contributed by atoms with Crippen molar-refractivity contribution in [3.8, 4) is 0 Å². The van der Waals surface area contributed by atoms with Gasteiger partial charge < -0.3 is 10.2 Å². The van der Waals surface area contributed by atoms with Crippen LogP contribution in [0.5, 0.6) is 0 Å². The molecular weight excluding hydrogens is 469 g/mol. The molecule has 0 saturated carbocycles. The Hall–Kier alpha value is -2.65. The average molecular weight is 498 g/mol. The van der Waals surface area contributed by atoms with Gasteiger partial charge in [-0.1, -0.05) is 30.7 Å². The molecule has 0 fully saturated rings. The van der Waals surface area contributed by atoms with E-state index in [0.717, 1.165) is 17.0 Å². The fraction of sp³-hybridized carbons (Fsp3) is 0.391. The molecule has 0 spiro atoms. The summed E-state index contributed by atoms with van der Waals surface area (Å²) >= 11 is 6.00. The molecule has 0 aliphatic carbocycles. The molecule has 10 heteroatoms. The Labute approximate surface area is 199 Å². The first-order valence-electron chi connectivity index (χ1n) is 10.5. The quantitative estimate of drug-likeness (QED) is 0.544. The van der Waals surface area contributed by atoms with Gasteiger partial charge in [0.05, 0.1) is 11.9 Å². The molecule has 7 nitrogen and oxygen atoms in total. The van der Waals surface area contributed by atoms with E-state index in [-0.39, 0.29) is 12.5 Å². The van der Waals surface area contributed by atoms with Crippen molar-refractivity contribution in [2.45, 2.75) is 39.8 Å². The summed E-state index contributed by atoms with van der Waals surface area (Å²) in [6, 6.07) is 9.38. The molecule has 2 amide bonds. The van der Waals surface area contributed by atoms with Crippen molar-refractivity contribution in [2.24, 2.45) is 0 Å². The van der Waals surface area contributed by atoms with Gasteiger partial charge in [0.15, 0.2) is 0 Å². The number of amides is 2. The Balaban J connectivity index is 2.39. The molecule has 180 valence electrons. The summed E-state index contributed by atoms with van der Waals surface area (Å²) in [5.74, 6) is -1.36. The lowest BCUT2D eigenvalue weighted by Gasteiger charge is -2.32. The molecule has 0 heterocycles. The number of benzene rings is 2. The molecule has 0 aliphatic rings. The van der Waals surface area contributed by atoms with Crippen LogP contribution in [0.3, 0.4) is 0 Å². The van der Waals surface area contributed by atoms with Crippen molar-refractivity contribution in [1.82, 2.24) is 10.2 Å². The molecule has 1 N–H and O–H groups in total. The largest absolute Gasteiger partial charge is 0.354 e. The van der Waals surface area contributed by atoms with Crippen molar-refractivity contribution >= 4 is 39.1 Å². The van der Waals surface area contributed by atoms with E-state index in [0.29, 0.717) is 28.4 Å². The number of nitrogens with one attached hydrogen (secondary N) is 1. The molecule has 0 radical (unpaired) electrons. The molecule has 2 aromatic rings. The minimum absolute atomic E-state index is 0.0109. The average Bonchev–Trinajstić information content (AvgIpc) is 2.74. The van der Waals surface area contributed by atoms with Gasteiger partial charge in [0.1, 0.15) is 18.4 Å². The standard InChI is InChI=1S/C23H29ClFN3O4S/c1-5-12-26-23(30)17(3)27(14-18-6-9-20(25)10-7-18)22(29)15-28(33(4,31)32)21-11-8-19(24)13-16(21)2/h6-11,13,17H,5,12,14-15H2,1-4H3,(H,26,30)/t17-/m0/s1. The summed E-state index contributed by atoms with van der Waals surface area (Å²) in [6.45, 7) is 5.13. The van der Waals surface area contributed by atoms with Crippen molar-refractivity contribution < 1.29 is 22.4 Å². The van der Waals surface area contributed by atoms with E-state index in [9.17, 15) is 22.4 Å². The summed E-state index contributed by atoms with van der Waals surface area (Å²) in [5.41, 5.74) is 1.51. The third-order valence-electron chi connectivity index (χ3n) is 5.09. The maximum absolute atomic E-state index is 13.4. The van der Waals surface area contributed by atoms with E-state index in [1.807, 2.05) is 6.92 Å². The van der Waals surface area contributed by atoms with Crippen LogP contribution in [0, 0.1) is 12.7 Å². The fourth-order valence-electron chi connectivity index (χ4n) is 3.26. The Morgan fingerprint density at radius 1 is 1.15 bits per heavy atom. The van der Waals surface area contributed by atoms with E-state index in [1.54, 1.807) is 26.0 Å². The summed E-state index contributed by atoms with van der Waals surface area (Å²) in [5, 5.41) is 3.19. The molecule has 0 bridgehead atoms. The first-order chi connectivity index (χ1) is 15.4. The second-order valence-corrected chi connectivity index (χ2v) is 10.2. The summed E-state index contributed by atoms with van der Waals surface area (Å²) in [4.78, 5) is 27.3. The number of aryl methyl sites for hydroxylation is 1. The number of sulfonamides is 1. The van der Waals surface area contributed by atoms with Crippen LogP contribution in [0.25, 0.3) is 0 Å². The van der Waals surface area contributed by atoms with Gasteiger partial charge in [-0.05, 0) is 61.7 Å². The number of hydrogen-bond donors (Lipinski definition) is 1. The predicted octanol–water partition coefficient (Wildman–Crippen LogP) is 3.50. The molecule has 33 heavy (non-hydrogen) atoms. The molecular formula is C23H29ClFN3O4S. The minimum Gasteiger partial charge on any atom is -0.354 e. The highest BCUT2D eigenvalue weighted by molar-refractivity contribution is 7.92. The first-order valence-corrected chi connectivity index (χ1v) is 12.7. The van der Waals surface area contributed by atoms with Gasteiger partial charge in [-0.2, -0.15) is 0 Å². The maximum Gasteiger partial charge on any atom is 0.244 e. The second kappa shape index (κ2) is 11.5. The van der Waals surface area contributed by atoms with Crippen LogP contribution < -0.4 is 9.62 Å². The van der Waals surface area contributed by atoms with Crippen LogP contribution >= 0.6 is 11.6 Å². The van der Waals surface area contributed by atoms with Gasteiger partial charge in [0, 0.05) is 18.1 Å². The highest BCUT2D eigenvalue weighted by Gasteiger charge is 2.30. The Morgan fingerprint density at radius 3 is 2.33 bits per heavy atom. The Kier molecular flexibility index (Phi) is 9.25. The number of rotatable bonds is 10. The Morgan fingerprint density at radius 2 is 1.79 bits per heavy atom. The van der Waals surface area contributed by atoms with E-state index in [2.05, 4.69) is 5.32 Å². The zero-order valence-electron chi connectivity index (χ0n) is 19.1. The zero-order chi connectivity index (χ0) is 24.8. The lowest BCUT2D eigenvalue weighted by molar-refractivity contribution is -0.139. The van der Waals surface area contributed by atoms with Crippen molar-refractivity contribution in [3.05, 3.63) is 64.4 Å². The molecule has 0 unspecified atom stereocenters. The lowest BCUT2D eigenvalue weighted by atomic mass is 10.1. The van der Waals surface area contributed by atoms with Crippen molar-refractivity contribution in [2.75, 3.05) is 23.7 Å². The van der Waals surface area contributed by atoms with Crippen LogP contribution in [-0.4, -0.2) is 50.5 Å². The second-order valence-electron chi connectivity index (χ2n) is 7.82. The van der Waals surface area contributed by atoms with Crippen molar-refractivity contribution in [1.29, 1.82) is 0 Å². The smallest absolute Gasteiger partial charge is 0.244 e. The summed E-state index contributed by atoms with van der Waals surface area (Å²) < 4.78 is 39.5. The fourth-order valence-corrected chi connectivity index (χ4v) is 4.39. The van der Waals surface area contributed by atoms with Gasteiger partial charge in [-0.25, -0.2) is 12.8 Å². The minimum atomic E-state index is -3.83. The number of carbonyl (C=O) groups is 2. The number of halogens is 2. The van der Waals surface area contributed by atoms with Crippen LogP contribution in [0.15, 0.2) is 42.5 Å². The van der Waals surface area contributed by atoms with E-state index >= 15 is 0 Å². The van der Waals surface area contributed by atoms with Gasteiger partial charge >= 0.3 is 0 Å². The highest BCUT2D eigenvalue weighted by atomic mass is 35.5. The number of nitrogens with zero attached hydrogens (tertiary/aromatic N) is 2. The van der Waals surface area contributed by atoms with Crippen LogP contribution in [0.2, 0.25) is 5.02 Å². The first kappa shape index (κ1) is 26.6.